The molecule has 0 atom stereocenters. The van der Waals surface area contributed by atoms with Crippen molar-refractivity contribution in [1.82, 2.24) is 4.57 Å². The van der Waals surface area contributed by atoms with E-state index in [9.17, 15) is 0 Å². The number of hydrogen-bond acceptors (Lipinski definition) is 1. The van der Waals surface area contributed by atoms with Crippen LogP contribution in [0, 0.1) is 0 Å². The molecule has 0 amide bonds. The van der Waals surface area contributed by atoms with E-state index >= 15 is 0 Å². The van der Waals surface area contributed by atoms with Crippen molar-refractivity contribution in [3.05, 3.63) is 216 Å². The first-order valence-corrected chi connectivity index (χ1v) is 19.1. The van der Waals surface area contributed by atoms with E-state index in [1.807, 2.05) is 0 Å². The monoisotopic (exact) mass is 704 g/mol. The van der Waals surface area contributed by atoms with E-state index in [-0.39, 0.29) is 5.41 Å². The highest BCUT2D eigenvalue weighted by Crippen LogP contribution is 2.53. The van der Waals surface area contributed by atoms with Crippen molar-refractivity contribution < 1.29 is 0 Å². The number of anilines is 3. The lowest BCUT2D eigenvalue weighted by atomic mass is 9.81. The number of nitrogens with zero attached hydrogens (tertiary/aromatic N) is 2. The summed E-state index contributed by atoms with van der Waals surface area (Å²) in [6.07, 6.45) is 4.48. The minimum atomic E-state index is -0.204. The smallest absolute Gasteiger partial charge is 0.0588 e. The Morgan fingerprint density at radius 3 is 1.69 bits per heavy atom. The lowest BCUT2D eigenvalue weighted by molar-refractivity contribution is 0.663. The Labute approximate surface area is 322 Å². The summed E-state index contributed by atoms with van der Waals surface area (Å²) in [4.78, 5) is 2.30. The number of aromatic nitrogens is 1. The maximum absolute atomic E-state index is 2.49. The average Bonchev–Trinajstić information content (AvgIpc) is 3.70. The number of benzene rings is 8. The summed E-state index contributed by atoms with van der Waals surface area (Å²) in [5.41, 5.74) is 17.1. The normalized spacial score (nSPS) is 13.0. The Hall–Kier alpha value is -6.90. The first-order chi connectivity index (χ1) is 27.0. The molecule has 8 aromatic carbocycles. The molecule has 2 heteroatoms. The Morgan fingerprint density at radius 2 is 1.00 bits per heavy atom. The van der Waals surface area contributed by atoms with Gasteiger partial charge in [0.05, 0.1) is 11.0 Å². The summed E-state index contributed by atoms with van der Waals surface area (Å²) in [5, 5.41) is 2.58. The second-order valence-corrected chi connectivity index (χ2v) is 15.0. The van der Waals surface area contributed by atoms with E-state index in [0.29, 0.717) is 0 Å². The molecule has 0 N–H and O–H groups in total. The SMILES string of the molecule is CC1(C)c2cc(/C=C/c3ccc(N(c4ccccc4)c4ccccc4)cc3)ccc2-c2ccc3c4ccccc4n(-c4ccc(-c5ccccc5)cc4)c3c21. The van der Waals surface area contributed by atoms with Gasteiger partial charge in [-0.1, -0.05) is 166 Å². The largest absolute Gasteiger partial charge is 0.311 e. The maximum Gasteiger partial charge on any atom is 0.0588 e. The van der Waals surface area contributed by atoms with Gasteiger partial charge in [0, 0.05) is 38.9 Å². The number of hydrogen-bond donors (Lipinski definition) is 0. The second kappa shape index (κ2) is 13.2. The van der Waals surface area contributed by atoms with Crippen molar-refractivity contribution in [2.75, 3.05) is 4.90 Å². The van der Waals surface area contributed by atoms with E-state index in [2.05, 4.69) is 230 Å². The standard InChI is InChI=1S/C53H40N2/c1-53(2)49-36-38(23-22-37-24-29-43(30-25-37)54(41-16-8-4-9-17-41)42-18-10-5-11-19-42)26-33-45(49)47-34-35-48-46-20-12-13-21-50(46)55(52(48)51(47)53)44-31-27-40(28-32-44)39-14-6-3-7-15-39/h3-36H,1-2H3/b23-22+. The van der Waals surface area contributed by atoms with Crippen LogP contribution in [-0.4, -0.2) is 4.57 Å². The molecule has 55 heavy (non-hydrogen) atoms. The van der Waals surface area contributed by atoms with Crippen molar-refractivity contribution >= 4 is 51.0 Å². The number of fused-ring (bicyclic) bond motifs is 7. The molecule has 0 unspecified atom stereocenters. The predicted molar refractivity (Wildman–Crippen MR) is 234 cm³/mol. The Balaban J connectivity index is 1.01. The molecule has 1 heterocycles. The summed E-state index contributed by atoms with van der Waals surface area (Å²) in [6, 6.07) is 70.2. The van der Waals surface area contributed by atoms with Crippen molar-refractivity contribution in [2.45, 2.75) is 19.3 Å². The molecule has 1 aromatic heterocycles. The van der Waals surface area contributed by atoms with Gasteiger partial charge in [-0.15, -0.1) is 0 Å². The Morgan fingerprint density at radius 1 is 0.455 bits per heavy atom. The van der Waals surface area contributed by atoms with Gasteiger partial charge in [0.15, 0.2) is 0 Å². The van der Waals surface area contributed by atoms with Gasteiger partial charge < -0.3 is 9.47 Å². The molecule has 0 saturated heterocycles. The average molecular weight is 705 g/mol. The molecule has 0 spiro atoms. The molecule has 0 fully saturated rings. The Kier molecular flexibility index (Phi) is 7.85. The van der Waals surface area contributed by atoms with Crippen LogP contribution in [0.1, 0.15) is 36.1 Å². The zero-order valence-corrected chi connectivity index (χ0v) is 31.0. The van der Waals surface area contributed by atoms with Crippen molar-refractivity contribution in [1.29, 1.82) is 0 Å². The van der Waals surface area contributed by atoms with Gasteiger partial charge in [-0.3, -0.25) is 0 Å². The Bertz CT molecular complexity index is 2810. The van der Waals surface area contributed by atoms with Crippen LogP contribution in [0.2, 0.25) is 0 Å². The third-order valence-corrected chi connectivity index (χ3v) is 11.3. The van der Waals surface area contributed by atoms with Crippen LogP contribution in [0.5, 0.6) is 0 Å². The molecule has 9 aromatic rings. The maximum atomic E-state index is 2.49. The molecule has 262 valence electrons. The first kappa shape index (κ1) is 32.7. The molecule has 0 bridgehead atoms. The molecule has 10 rings (SSSR count). The third-order valence-electron chi connectivity index (χ3n) is 11.3. The number of para-hydroxylation sites is 3. The van der Waals surface area contributed by atoms with Crippen LogP contribution < -0.4 is 4.90 Å². The lowest BCUT2D eigenvalue weighted by Gasteiger charge is -2.25. The quantitative estimate of drug-likeness (QED) is 0.150. The van der Waals surface area contributed by atoms with E-state index < -0.39 is 0 Å². The number of rotatable bonds is 7. The first-order valence-electron chi connectivity index (χ1n) is 19.1. The molecule has 1 aliphatic rings. The molecule has 1 aliphatic carbocycles. The predicted octanol–water partition coefficient (Wildman–Crippen LogP) is 14.4. The van der Waals surface area contributed by atoms with Crippen LogP contribution >= 0.6 is 0 Å². The molecular weight excluding hydrogens is 665 g/mol. The summed E-state index contributed by atoms with van der Waals surface area (Å²) in [5.74, 6) is 0. The highest BCUT2D eigenvalue weighted by atomic mass is 15.1. The fourth-order valence-corrected chi connectivity index (χ4v) is 8.70. The molecule has 0 aliphatic heterocycles. The van der Waals surface area contributed by atoms with E-state index in [1.54, 1.807) is 0 Å². The van der Waals surface area contributed by atoms with Gasteiger partial charge in [-0.25, -0.2) is 0 Å². The highest BCUT2D eigenvalue weighted by molar-refractivity contribution is 6.13. The van der Waals surface area contributed by atoms with E-state index in [0.717, 1.165) is 22.6 Å². The van der Waals surface area contributed by atoms with Crippen LogP contribution in [0.4, 0.5) is 17.1 Å². The summed E-state index contributed by atoms with van der Waals surface area (Å²) >= 11 is 0. The van der Waals surface area contributed by atoms with E-state index in [4.69, 9.17) is 0 Å². The minimum Gasteiger partial charge on any atom is -0.311 e. The van der Waals surface area contributed by atoms with Crippen LogP contribution in [0.25, 0.3) is 61.9 Å². The summed E-state index contributed by atoms with van der Waals surface area (Å²) in [6.45, 7) is 4.80. The third kappa shape index (κ3) is 5.57. The molecule has 0 saturated carbocycles. The van der Waals surface area contributed by atoms with Gasteiger partial charge in [0.2, 0.25) is 0 Å². The minimum absolute atomic E-state index is 0.204. The summed E-state index contributed by atoms with van der Waals surface area (Å²) < 4.78 is 2.49. The van der Waals surface area contributed by atoms with Gasteiger partial charge in [0.25, 0.3) is 0 Å². The van der Waals surface area contributed by atoms with Crippen molar-refractivity contribution in [3.8, 4) is 27.9 Å². The van der Waals surface area contributed by atoms with Crippen LogP contribution in [0.3, 0.4) is 0 Å². The fraction of sp³-hybridized carbons (Fsp3) is 0.0566. The zero-order valence-electron chi connectivity index (χ0n) is 31.0. The molecule has 2 nitrogen and oxygen atoms in total. The van der Waals surface area contributed by atoms with Crippen LogP contribution in [-0.2, 0) is 5.41 Å². The van der Waals surface area contributed by atoms with Gasteiger partial charge in [-0.05, 0) is 99.1 Å². The van der Waals surface area contributed by atoms with Gasteiger partial charge in [0.1, 0.15) is 0 Å². The summed E-state index contributed by atoms with van der Waals surface area (Å²) in [7, 11) is 0. The van der Waals surface area contributed by atoms with Crippen molar-refractivity contribution in [3.63, 3.8) is 0 Å². The highest BCUT2D eigenvalue weighted by Gasteiger charge is 2.38. The molecule has 0 radical (unpaired) electrons. The lowest BCUT2D eigenvalue weighted by Crippen LogP contribution is -2.16. The second-order valence-electron chi connectivity index (χ2n) is 15.0. The van der Waals surface area contributed by atoms with Crippen molar-refractivity contribution in [2.24, 2.45) is 0 Å². The van der Waals surface area contributed by atoms with Gasteiger partial charge in [-0.2, -0.15) is 0 Å². The van der Waals surface area contributed by atoms with Gasteiger partial charge >= 0.3 is 0 Å². The molecular formula is C53H40N2. The zero-order chi connectivity index (χ0) is 36.9. The fourth-order valence-electron chi connectivity index (χ4n) is 8.70. The topological polar surface area (TPSA) is 8.17 Å². The van der Waals surface area contributed by atoms with Crippen LogP contribution in [0.15, 0.2) is 194 Å². The van der Waals surface area contributed by atoms with E-state index in [1.165, 1.54) is 66.4 Å².